The number of amides is 2. The average molecular weight is 203 g/mol. The van der Waals surface area contributed by atoms with Gasteiger partial charge in [-0.15, -0.1) is 0 Å². The molecule has 1 unspecified atom stereocenters. The lowest BCUT2D eigenvalue weighted by molar-refractivity contribution is -0.125. The zero-order chi connectivity index (χ0) is 10.8. The van der Waals surface area contributed by atoms with E-state index >= 15 is 0 Å². The predicted octanol–water partition coefficient (Wildman–Crippen LogP) is 1.20. The molecule has 3 nitrogen and oxygen atoms in total. The second-order valence-electron chi connectivity index (χ2n) is 3.94. The van der Waals surface area contributed by atoms with Crippen LogP contribution in [0.4, 0.5) is 0 Å². The minimum Gasteiger partial charge on any atom is -0.296 e. The first-order chi connectivity index (χ1) is 7.16. The number of carbonyl (C=O) groups is 2. The smallest absolute Gasteiger partial charge is 0.230 e. The Kier molecular flexibility index (Phi) is 2.54. The number of hydrogen-bond donors (Lipinski definition) is 1. The van der Waals surface area contributed by atoms with E-state index in [2.05, 4.69) is 5.32 Å². The Hall–Kier alpha value is -1.64. The summed E-state index contributed by atoms with van der Waals surface area (Å²) in [6.07, 6.45) is 0.984. The van der Waals surface area contributed by atoms with Gasteiger partial charge in [-0.05, 0) is 24.5 Å². The molecule has 1 aromatic rings. The third kappa shape index (κ3) is 2.06. The number of carbonyl (C=O) groups excluding carboxylic acids is 2. The zero-order valence-corrected chi connectivity index (χ0v) is 8.62. The van der Waals surface area contributed by atoms with Gasteiger partial charge in [0.05, 0.1) is 5.92 Å². The lowest BCUT2D eigenvalue weighted by atomic mass is 9.95. The Morgan fingerprint density at radius 1 is 1.33 bits per heavy atom. The van der Waals surface area contributed by atoms with Crippen LogP contribution in [0.2, 0.25) is 0 Å². The highest BCUT2D eigenvalue weighted by Gasteiger charge is 2.30. The standard InChI is InChI=1S/C12H13NO2/c1-8-4-2-3-5-9(8)6-10-7-11(14)13-12(10)15/h2-5,10H,6-7H2,1H3,(H,13,14,15). The summed E-state index contributed by atoms with van der Waals surface area (Å²) in [7, 11) is 0. The van der Waals surface area contributed by atoms with Crippen LogP contribution in [0.3, 0.4) is 0 Å². The van der Waals surface area contributed by atoms with Gasteiger partial charge in [-0.3, -0.25) is 14.9 Å². The Morgan fingerprint density at radius 2 is 2.07 bits per heavy atom. The molecule has 0 bridgehead atoms. The molecular formula is C12H13NO2. The van der Waals surface area contributed by atoms with Crippen LogP contribution in [0.1, 0.15) is 17.5 Å². The Bertz CT molecular complexity index is 412. The number of imide groups is 1. The van der Waals surface area contributed by atoms with Crippen LogP contribution in [0.15, 0.2) is 24.3 Å². The summed E-state index contributed by atoms with van der Waals surface area (Å²) < 4.78 is 0. The maximum atomic E-state index is 11.4. The van der Waals surface area contributed by atoms with Crippen molar-refractivity contribution in [3.05, 3.63) is 35.4 Å². The van der Waals surface area contributed by atoms with Crippen molar-refractivity contribution >= 4 is 11.8 Å². The molecule has 3 heteroatoms. The fourth-order valence-corrected chi connectivity index (χ4v) is 1.88. The van der Waals surface area contributed by atoms with Crippen LogP contribution in [-0.4, -0.2) is 11.8 Å². The molecule has 78 valence electrons. The molecule has 1 saturated heterocycles. The first kappa shape index (κ1) is 9.90. The molecule has 0 aromatic heterocycles. The highest BCUT2D eigenvalue weighted by molar-refractivity contribution is 6.03. The van der Waals surface area contributed by atoms with Gasteiger partial charge in [0.25, 0.3) is 0 Å². The van der Waals surface area contributed by atoms with Gasteiger partial charge < -0.3 is 0 Å². The molecule has 1 heterocycles. The van der Waals surface area contributed by atoms with Gasteiger partial charge in [-0.25, -0.2) is 0 Å². The molecule has 1 aromatic carbocycles. The van der Waals surface area contributed by atoms with Crippen molar-refractivity contribution in [3.8, 4) is 0 Å². The van der Waals surface area contributed by atoms with E-state index in [1.54, 1.807) is 0 Å². The summed E-state index contributed by atoms with van der Waals surface area (Å²) in [4.78, 5) is 22.4. The molecule has 1 aliphatic rings. The minimum absolute atomic E-state index is 0.136. The van der Waals surface area contributed by atoms with Gasteiger partial charge in [-0.1, -0.05) is 24.3 Å². The topological polar surface area (TPSA) is 46.2 Å². The first-order valence-corrected chi connectivity index (χ1v) is 5.05. The summed E-state index contributed by atoms with van der Waals surface area (Å²) in [6, 6.07) is 7.95. The van der Waals surface area contributed by atoms with Gasteiger partial charge in [0, 0.05) is 6.42 Å². The molecule has 1 fully saturated rings. The second-order valence-corrected chi connectivity index (χ2v) is 3.94. The molecule has 0 spiro atoms. The van der Waals surface area contributed by atoms with E-state index in [9.17, 15) is 9.59 Å². The summed E-state index contributed by atoms with van der Waals surface area (Å²) in [5.74, 6) is -0.472. The summed E-state index contributed by atoms with van der Waals surface area (Å²) in [5, 5.41) is 2.33. The molecule has 1 aliphatic heterocycles. The first-order valence-electron chi connectivity index (χ1n) is 5.05. The van der Waals surface area contributed by atoms with Gasteiger partial charge >= 0.3 is 0 Å². The van der Waals surface area contributed by atoms with Crippen LogP contribution in [0.25, 0.3) is 0 Å². The molecule has 2 amide bonds. The number of nitrogens with one attached hydrogen (secondary N) is 1. The number of benzene rings is 1. The van der Waals surface area contributed by atoms with Crippen molar-refractivity contribution in [2.45, 2.75) is 19.8 Å². The molecule has 2 rings (SSSR count). The van der Waals surface area contributed by atoms with Crippen molar-refractivity contribution in [1.82, 2.24) is 5.32 Å². The molecule has 0 radical (unpaired) electrons. The third-order valence-corrected chi connectivity index (χ3v) is 2.79. The van der Waals surface area contributed by atoms with Crippen LogP contribution in [-0.2, 0) is 16.0 Å². The Labute approximate surface area is 88.5 Å². The van der Waals surface area contributed by atoms with Crippen molar-refractivity contribution in [1.29, 1.82) is 0 Å². The van der Waals surface area contributed by atoms with E-state index in [1.807, 2.05) is 31.2 Å². The molecular weight excluding hydrogens is 190 g/mol. The van der Waals surface area contributed by atoms with Crippen LogP contribution >= 0.6 is 0 Å². The van der Waals surface area contributed by atoms with Crippen LogP contribution < -0.4 is 5.32 Å². The molecule has 1 atom stereocenters. The highest BCUT2D eigenvalue weighted by Crippen LogP contribution is 2.19. The fraction of sp³-hybridized carbons (Fsp3) is 0.333. The average Bonchev–Trinajstić information content (AvgIpc) is 2.49. The maximum absolute atomic E-state index is 11.4. The van der Waals surface area contributed by atoms with Gasteiger partial charge in [0.15, 0.2) is 0 Å². The van der Waals surface area contributed by atoms with E-state index in [1.165, 1.54) is 5.56 Å². The van der Waals surface area contributed by atoms with E-state index in [0.717, 1.165) is 5.56 Å². The second kappa shape index (κ2) is 3.85. The zero-order valence-electron chi connectivity index (χ0n) is 8.62. The van der Waals surface area contributed by atoms with Crippen LogP contribution in [0, 0.1) is 12.8 Å². The largest absolute Gasteiger partial charge is 0.296 e. The van der Waals surface area contributed by atoms with E-state index < -0.39 is 0 Å². The highest BCUT2D eigenvalue weighted by atomic mass is 16.2. The Balaban J connectivity index is 2.13. The monoisotopic (exact) mass is 203 g/mol. The molecule has 0 saturated carbocycles. The number of aryl methyl sites for hydroxylation is 1. The maximum Gasteiger partial charge on any atom is 0.230 e. The lowest BCUT2D eigenvalue weighted by Gasteiger charge is -2.08. The lowest BCUT2D eigenvalue weighted by Crippen LogP contribution is -2.23. The van der Waals surface area contributed by atoms with E-state index in [4.69, 9.17) is 0 Å². The minimum atomic E-state index is -0.182. The van der Waals surface area contributed by atoms with Crippen molar-refractivity contribution < 1.29 is 9.59 Å². The molecule has 15 heavy (non-hydrogen) atoms. The van der Waals surface area contributed by atoms with Gasteiger partial charge in [0.1, 0.15) is 0 Å². The molecule has 0 aliphatic carbocycles. The normalized spacial score (nSPS) is 20.5. The summed E-state index contributed by atoms with van der Waals surface area (Å²) >= 11 is 0. The van der Waals surface area contributed by atoms with E-state index in [0.29, 0.717) is 12.8 Å². The predicted molar refractivity (Wildman–Crippen MR) is 56.1 cm³/mol. The SMILES string of the molecule is Cc1ccccc1CC1CC(=O)NC1=O. The van der Waals surface area contributed by atoms with Gasteiger partial charge in [-0.2, -0.15) is 0 Å². The van der Waals surface area contributed by atoms with Crippen molar-refractivity contribution in [2.24, 2.45) is 5.92 Å². The van der Waals surface area contributed by atoms with Crippen molar-refractivity contribution in [3.63, 3.8) is 0 Å². The number of hydrogen-bond acceptors (Lipinski definition) is 2. The number of rotatable bonds is 2. The quantitative estimate of drug-likeness (QED) is 0.734. The van der Waals surface area contributed by atoms with Crippen LogP contribution in [0.5, 0.6) is 0 Å². The molecule has 1 N–H and O–H groups in total. The summed E-state index contributed by atoms with van der Waals surface area (Å²) in [5.41, 5.74) is 2.32. The fourth-order valence-electron chi connectivity index (χ4n) is 1.88. The third-order valence-electron chi connectivity index (χ3n) is 2.79. The Morgan fingerprint density at radius 3 is 2.67 bits per heavy atom. The summed E-state index contributed by atoms with van der Waals surface area (Å²) in [6.45, 7) is 2.02. The van der Waals surface area contributed by atoms with Crippen molar-refractivity contribution in [2.75, 3.05) is 0 Å². The van der Waals surface area contributed by atoms with E-state index in [-0.39, 0.29) is 17.7 Å². The van der Waals surface area contributed by atoms with Gasteiger partial charge in [0.2, 0.25) is 11.8 Å².